The van der Waals surface area contributed by atoms with Gasteiger partial charge in [0.1, 0.15) is 6.29 Å². The van der Waals surface area contributed by atoms with E-state index in [0.717, 1.165) is 12.3 Å². The normalized spacial score (nSPS) is 11.4. The fourth-order valence-electron chi connectivity index (χ4n) is 0.509. The Labute approximate surface area is 57.3 Å². The minimum absolute atomic E-state index is 0.646. The summed E-state index contributed by atoms with van der Waals surface area (Å²) >= 11 is 0. The van der Waals surface area contributed by atoms with E-state index in [1.54, 1.807) is 7.11 Å². The summed E-state index contributed by atoms with van der Waals surface area (Å²) in [6, 6.07) is 0.938. The monoisotopic (exact) mass is 146 g/mol. The van der Waals surface area contributed by atoms with Gasteiger partial charge in [0.05, 0.1) is 0 Å². The molecule has 0 spiro atoms. The van der Waals surface area contributed by atoms with Crippen LogP contribution in [0.4, 0.5) is 0 Å². The van der Waals surface area contributed by atoms with E-state index in [1.165, 1.54) is 0 Å². The molecule has 0 aromatic heterocycles. The van der Waals surface area contributed by atoms with Gasteiger partial charge in [-0.25, -0.2) is 0 Å². The van der Waals surface area contributed by atoms with Gasteiger partial charge in [-0.05, 0) is 19.1 Å². The van der Waals surface area contributed by atoms with Gasteiger partial charge in [-0.1, -0.05) is 0 Å². The van der Waals surface area contributed by atoms with Crippen LogP contribution in [0.25, 0.3) is 0 Å². The second kappa shape index (κ2) is 3.79. The molecule has 3 heteroatoms. The zero-order valence-electron chi connectivity index (χ0n) is 6.31. The first-order chi connectivity index (χ1) is 4.12. The first kappa shape index (κ1) is 8.85. The maximum absolute atomic E-state index is 9.93. The average Bonchev–Trinajstić information content (AvgIpc) is 1.84. The molecule has 0 radical (unpaired) electrons. The molecule has 0 aliphatic heterocycles. The minimum Gasteiger partial charge on any atom is -0.420 e. The third-order valence-electron chi connectivity index (χ3n) is 1.42. The molecule has 0 heterocycles. The number of carbonyl (C=O) groups is 1. The molecule has 0 fully saturated rings. The second-order valence-corrected chi connectivity index (χ2v) is 7.10. The van der Waals surface area contributed by atoms with Gasteiger partial charge in [-0.15, -0.1) is 0 Å². The van der Waals surface area contributed by atoms with E-state index >= 15 is 0 Å². The van der Waals surface area contributed by atoms with Crippen LogP contribution in [-0.2, 0) is 9.22 Å². The van der Waals surface area contributed by atoms with Crippen molar-refractivity contribution in [2.24, 2.45) is 0 Å². The van der Waals surface area contributed by atoms with E-state index in [9.17, 15) is 4.79 Å². The van der Waals surface area contributed by atoms with Crippen LogP contribution in [0, 0.1) is 0 Å². The number of hydrogen-bond acceptors (Lipinski definition) is 2. The Morgan fingerprint density at radius 2 is 2.11 bits per heavy atom. The van der Waals surface area contributed by atoms with Gasteiger partial charge in [0.15, 0.2) is 8.32 Å². The molecule has 0 aromatic carbocycles. The summed E-state index contributed by atoms with van der Waals surface area (Å²) in [7, 11) is 0.290. The Morgan fingerprint density at radius 3 is 2.44 bits per heavy atom. The number of hydrogen-bond donors (Lipinski definition) is 0. The van der Waals surface area contributed by atoms with Crippen molar-refractivity contribution >= 4 is 14.6 Å². The summed E-state index contributed by atoms with van der Waals surface area (Å²) in [6.07, 6.45) is 1.60. The van der Waals surface area contributed by atoms with Gasteiger partial charge in [0, 0.05) is 13.5 Å². The van der Waals surface area contributed by atoms with Crippen molar-refractivity contribution in [2.75, 3.05) is 7.11 Å². The molecule has 0 bridgehead atoms. The highest BCUT2D eigenvalue weighted by atomic mass is 28.4. The van der Waals surface area contributed by atoms with Crippen LogP contribution in [-0.4, -0.2) is 21.7 Å². The molecule has 0 aliphatic rings. The Bertz CT molecular complexity index is 91.1. The minimum atomic E-state index is -1.43. The van der Waals surface area contributed by atoms with Crippen molar-refractivity contribution in [3.05, 3.63) is 0 Å². The predicted molar refractivity (Wildman–Crippen MR) is 40.0 cm³/mol. The molecule has 0 rings (SSSR count). The largest absolute Gasteiger partial charge is 0.420 e. The zero-order valence-corrected chi connectivity index (χ0v) is 7.31. The topological polar surface area (TPSA) is 26.3 Å². The van der Waals surface area contributed by atoms with Gasteiger partial charge in [0.25, 0.3) is 0 Å². The van der Waals surface area contributed by atoms with Crippen LogP contribution in [0.15, 0.2) is 0 Å². The second-order valence-electron chi connectivity index (χ2n) is 2.67. The first-order valence-electron chi connectivity index (χ1n) is 3.11. The number of carbonyl (C=O) groups excluding carboxylic acids is 1. The molecule has 0 saturated heterocycles. The fraction of sp³-hybridized carbons (Fsp3) is 0.833. The molecule has 0 unspecified atom stereocenters. The zero-order chi connectivity index (χ0) is 7.33. The third kappa shape index (κ3) is 4.36. The summed E-state index contributed by atoms with van der Waals surface area (Å²) in [5, 5.41) is 0. The van der Waals surface area contributed by atoms with Crippen LogP contribution < -0.4 is 0 Å². The van der Waals surface area contributed by atoms with Crippen molar-refractivity contribution in [3.8, 4) is 0 Å². The highest BCUT2D eigenvalue weighted by Gasteiger charge is 2.18. The molecule has 0 atom stereocenters. The Balaban J connectivity index is 3.44. The molecule has 0 saturated carbocycles. The summed E-state index contributed by atoms with van der Waals surface area (Å²) in [6.45, 7) is 4.22. The fourth-order valence-corrected chi connectivity index (χ4v) is 1.53. The smallest absolute Gasteiger partial charge is 0.186 e. The average molecular weight is 146 g/mol. The molecule has 2 nitrogen and oxygen atoms in total. The van der Waals surface area contributed by atoms with Crippen LogP contribution in [0.3, 0.4) is 0 Å². The van der Waals surface area contributed by atoms with Crippen molar-refractivity contribution in [1.29, 1.82) is 0 Å². The molecule has 9 heavy (non-hydrogen) atoms. The van der Waals surface area contributed by atoms with Crippen molar-refractivity contribution in [2.45, 2.75) is 25.6 Å². The Morgan fingerprint density at radius 1 is 1.56 bits per heavy atom. The molecule has 0 amide bonds. The molecular formula is C6H14O2Si. The quantitative estimate of drug-likeness (QED) is 0.443. The van der Waals surface area contributed by atoms with Gasteiger partial charge < -0.3 is 9.22 Å². The molecule has 0 aromatic rings. The van der Waals surface area contributed by atoms with Crippen LogP contribution in [0.1, 0.15) is 6.42 Å². The van der Waals surface area contributed by atoms with Crippen molar-refractivity contribution < 1.29 is 9.22 Å². The maximum atomic E-state index is 9.93. The first-order valence-corrected chi connectivity index (χ1v) is 6.23. The van der Waals surface area contributed by atoms with Gasteiger partial charge in [-0.3, -0.25) is 0 Å². The highest BCUT2D eigenvalue weighted by molar-refractivity contribution is 6.71. The van der Waals surface area contributed by atoms with E-state index in [4.69, 9.17) is 4.43 Å². The summed E-state index contributed by atoms with van der Waals surface area (Å²) in [5.41, 5.74) is 0. The standard InChI is InChI=1S/C6H14O2Si/c1-8-9(2,3)6-4-5-7/h5H,4,6H2,1-3H3. The molecular weight excluding hydrogens is 132 g/mol. The van der Waals surface area contributed by atoms with Crippen LogP contribution >= 0.6 is 0 Å². The van der Waals surface area contributed by atoms with E-state index in [1.807, 2.05) is 0 Å². The maximum Gasteiger partial charge on any atom is 0.186 e. The van der Waals surface area contributed by atoms with E-state index in [-0.39, 0.29) is 0 Å². The van der Waals surface area contributed by atoms with Crippen molar-refractivity contribution in [1.82, 2.24) is 0 Å². The van der Waals surface area contributed by atoms with Crippen LogP contribution in [0.2, 0.25) is 19.1 Å². The van der Waals surface area contributed by atoms with Gasteiger partial charge >= 0.3 is 0 Å². The van der Waals surface area contributed by atoms with Crippen LogP contribution in [0.5, 0.6) is 0 Å². The molecule has 54 valence electrons. The highest BCUT2D eigenvalue weighted by Crippen LogP contribution is 2.10. The van der Waals surface area contributed by atoms with E-state index < -0.39 is 8.32 Å². The van der Waals surface area contributed by atoms with Crippen molar-refractivity contribution in [3.63, 3.8) is 0 Å². The van der Waals surface area contributed by atoms with E-state index in [2.05, 4.69) is 13.1 Å². The van der Waals surface area contributed by atoms with Gasteiger partial charge in [0.2, 0.25) is 0 Å². The SMILES string of the molecule is CO[Si](C)(C)CCC=O. The molecule has 0 N–H and O–H groups in total. The lowest BCUT2D eigenvalue weighted by Gasteiger charge is -2.17. The summed E-state index contributed by atoms with van der Waals surface area (Å²) < 4.78 is 5.22. The number of rotatable bonds is 4. The third-order valence-corrected chi connectivity index (χ3v) is 4.01. The lowest BCUT2D eigenvalue weighted by molar-refractivity contribution is -0.107. The van der Waals surface area contributed by atoms with Gasteiger partial charge in [-0.2, -0.15) is 0 Å². The summed E-state index contributed by atoms with van der Waals surface area (Å²) in [5.74, 6) is 0. The Kier molecular flexibility index (Phi) is 3.73. The Hall–Kier alpha value is -0.153. The number of aldehydes is 1. The summed E-state index contributed by atoms with van der Waals surface area (Å²) in [4.78, 5) is 9.93. The lowest BCUT2D eigenvalue weighted by Crippen LogP contribution is -2.27. The van der Waals surface area contributed by atoms with E-state index in [0.29, 0.717) is 6.42 Å². The predicted octanol–water partition coefficient (Wildman–Crippen LogP) is 1.43. The molecule has 0 aliphatic carbocycles. The lowest BCUT2D eigenvalue weighted by atomic mass is 10.6.